The van der Waals surface area contributed by atoms with Gasteiger partial charge in [-0.3, -0.25) is 14.4 Å². The molecular weight excluding hydrogens is 974 g/mol. The number of amides is 3. The number of unbranched alkanes of at least 4 members (excludes halogenated alkanes) is 1. The number of hydrogen-bond donors (Lipinski definition) is 4. The Morgan fingerprint density at radius 2 is 1.69 bits per heavy atom. The summed E-state index contributed by atoms with van der Waals surface area (Å²) in [5, 5.41) is 25.0. The minimum atomic E-state index is -1.86. The molecule has 0 unspecified atom stereocenters. The normalized spacial score (nSPS) is 19.0. The highest BCUT2D eigenvalue weighted by Crippen LogP contribution is 2.53. The predicted molar refractivity (Wildman–Crippen MR) is 260 cm³/mol. The van der Waals surface area contributed by atoms with Gasteiger partial charge in [0.1, 0.15) is 17.0 Å². The minimum Gasteiger partial charge on any atom is -0.494 e. The van der Waals surface area contributed by atoms with Crippen molar-refractivity contribution in [3.63, 3.8) is 0 Å². The Morgan fingerprint density at radius 1 is 0.957 bits per heavy atom. The van der Waals surface area contributed by atoms with E-state index in [-0.39, 0.29) is 63.2 Å². The first kappa shape index (κ1) is 51.9. The number of nitrogens with zero attached hydrogens (tertiary/aromatic N) is 3. The molecular formula is C50H51Cl2F4N7O6S. The Balaban J connectivity index is 0.988. The molecule has 0 bridgehead atoms. The number of anilines is 2. The first-order valence-corrected chi connectivity index (χ1v) is 24.1. The average molecular weight is 1020 g/mol. The number of methoxy groups -OCH3 is 1. The largest absolute Gasteiger partial charge is 0.494 e. The van der Waals surface area contributed by atoms with Crippen LogP contribution in [-0.2, 0) is 19.7 Å². The Morgan fingerprint density at radius 3 is 2.39 bits per heavy atom. The second kappa shape index (κ2) is 22.4. The zero-order valence-corrected chi connectivity index (χ0v) is 41.0. The van der Waals surface area contributed by atoms with Crippen LogP contribution in [0.3, 0.4) is 0 Å². The maximum atomic E-state index is 16.2. The highest BCUT2D eigenvalue weighted by atomic mass is 35.5. The first-order chi connectivity index (χ1) is 33.5. The van der Waals surface area contributed by atoms with E-state index in [1.165, 1.54) is 73.0 Å². The van der Waals surface area contributed by atoms with Crippen LogP contribution in [0.5, 0.6) is 11.5 Å². The van der Waals surface area contributed by atoms with Crippen molar-refractivity contribution in [1.29, 1.82) is 5.26 Å². The highest BCUT2D eigenvalue weighted by Gasteiger charge is 2.61. The van der Waals surface area contributed by atoms with Crippen molar-refractivity contribution in [3.8, 4) is 28.8 Å². The summed E-state index contributed by atoms with van der Waals surface area (Å²) in [6, 6.07) is 15.1. The lowest BCUT2D eigenvalue weighted by Crippen LogP contribution is -2.45. The van der Waals surface area contributed by atoms with E-state index in [0.717, 1.165) is 12.1 Å². The molecule has 4 atom stereocenters. The number of aromatic nitrogens is 1. The molecule has 0 radical (unpaired) electrons. The average Bonchev–Trinajstić information content (AvgIpc) is 3.95. The quantitative estimate of drug-likeness (QED) is 0.0521. The number of rotatable bonds is 17. The molecule has 0 saturated carbocycles. The summed E-state index contributed by atoms with van der Waals surface area (Å²) >= 11 is 13.8. The molecule has 2 aliphatic rings. The fourth-order valence-electron chi connectivity index (χ4n) is 8.93. The van der Waals surface area contributed by atoms with Gasteiger partial charge in [-0.2, -0.15) is 9.65 Å². The number of carbonyl (C=O) groups excluding carboxylic acids is 3. The van der Waals surface area contributed by atoms with Gasteiger partial charge in [0.15, 0.2) is 29.1 Å². The van der Waals surface area contributed by atoms with Gasteiger partial charge in [0.2, 0.25) is 11.7 Å². The Bertz CT molecular complexity index is 2780. The van der Waals surface area contributed by atoms with Crippen LogP contribution in [0.1, 0.15) is 67.4 Å². The Hall–Kier alpha value is -5.97. The molecule has 1 aromatic heterocycles. The van der Waals surface area contributed by atoms with Crippen LogP contribution >= 0.6 is 34.5 Å². The number of ether oxygens (including phenoxy) is 3. The van der Waals surface area contributed by atoms with E-state index in [1.54, 1.807) is 5.38 Å². The summed E-state index contributed by atoms with van der Waals surface area (Å²) in [5.74, 6) is -7.65. The number of halogens is 6. The molecule has 3 heterocycles. The van der Waals surface area contributed by atoms with Gasteiger partial charge < -0.3 is 40.4 Å². The molecule has 2 aliphatic heterocycles. The third-order valence-corrected chi connectivity index (χ3v) is 13.5. The molecule has 70 heavy (non-hydrogen) atoms. The van der Waals surface area contributed by atoms with Crippen LogP contribution < -0.4 is 35.6 Å². The highest BCUT2D eigenvalue weighted by molar-refractivity contribution is 7.14. The third kappa shape index (κ3) is 11.3. The second-order valence-electron chi connectivity index (χ2n) is 18.0. The SMILES string of the molecule is COc1c(NC(=O)[C@@H]2N[C@@H](CC(C)(C)C)[C@](C#N)(c3ccc(Cl)cc3F)[C@H]2c2cccc(Cl)c2F)cccc1C(=O)NCCCCNC(=O)COc1c(-c2csc(N3CCOCC3)n2)ccc(F)c1F. The van der Waals surface area contributed by atoms with E-state index < -0.39 is 82.2 Å². The molecule has 13 nitrogen and oxygen atoms in total. The second-order valence-corrected chi connectivity index (χ2v) is 19.7. The summed E-state index contributed by atoms with van der Waals surface area (Å²) in [7, 11) is 1.32. The summed E-state index contributed by atoms with van der Waals surface area (Å²) in [5.41, 5.74) is -1.75. The van der Waals surface area contributed by atoms with Gasteiger partial charge in [-0.05, 0) is 72.7 Å². The molecule has 7 rings (SSSR count). The number of morpholine rings is 1. The molecule has 2 saturated heterocycles. The zero-order valence-electron chi connectivity index (χ0n) is 38.7. The van der Waals surface area contributed by atoms with Crippen LogP contribution in [0, 0.1) is 40.0 Å². The standard InChI is InChI=1S/C50H51Cl2F4N7O6S/c1-49(2,3)24-38-50(27-57,32-15-13-28(51)23-35(32)54)40(30-9-7-11-33(52)41(30)55)43(62-38)47(66)60-36-12-8-10-31(44(36)67-4)46(65)59-18-6-5-17-58-39(64)25-69-45-29(14-16-34(53)42(45)56)37-26-70-48(61-37)63-19-21-68-22-20-63/h7-16,23,26,38,40,43,62H,5-6,17-22,24-25H2,1-4H3,(H,58,64)(H,59,65)(H,60,66)/t38-,40-,43+,50-/m0/s1. The third-order valence-electron chi connectivity index (χ3n) is 12.1. The monoisotopic (exact) mass is 1020 g/mol. The number of benzene rings is 4. The molecule has 5 aromatic rings. The summed E-state index contributed by atoms with van der Waals surface area (Å²) in [6.45, 7) is 7.94. The van der Waals surface area contributed by atoms with E-state index in [9.17, 15) is 24.0 Å². The molecule has 4 N–H and O–H groups in total. The smallest absolute Gasteiger partial charge is 0.257 e. The fourth-order valence-corrected chi connectivity index (χ4v) is 10.1. The number of thiazole rings is 1. The van der Waals surface area contributed by atoms with E-state index in [4.69, 9.17) is 37.4 Å². The van der Waals surface area contributed by atoms with Crippen LogP contribution in [-0.4, -0.2) is 87.9 Å². The maximum Gasteiger partial charge on any atom is 0.257 e. The maximum absolute atomic E-state index is 16.2. The summed E-state index contributed by atoms with van der Waals surface area (Å²) in [4.78, 5) is 47.5. The topological polar surface area (TPSA) is 167 Å². The van der Waals surface area contributed by atoms with Crippen molar-refractivity contribution >= 4 is 63.1 Å². The minimum absolute atomic E-state index is 0.0100. The number of nitriles is 1. The van der Waals surface area contributed by atoms with Gasteiger partial charge in [0.25, 0.3) is 11.8 Å². The van der Waals surface area contributed by atoms with Gasteiger partial charge in [0, 0.05) is 59.7 Å². The van der Waals surface area contributed by atoms with Gasteiger partial charge in [-0.25, -0.2) is 18.2 Å². The molecule has 20 heteroatoms. The lowest BCUT2D eigenvalue weighted by Gasteiger charge is -2.37. The lowest BCUT2D eigenvalue weighted by molar-refractivity contribution is -0.123. The van der Waals surface area contributed by atoms with Gasteiger partial charge >= 0.3 is 0 Å². The van der Waals surface area contributed by atoms with E-state index >= 15 is 13.2 Å². The predicted octanol–water partition coefficient (Wildman–Crippen LogP) is 9.18. The number of carbonyl (C=O) groups is 3. The van der Waals surface area contributed by atoms with E-state index in [2.05, 4.69) is 32.3 Å². The van der Waals surface area contributed by atoms with Crippen molar-refractivity contribution in [2.45, 2.75) is 63.5 Å². The number of hydrogen-bond acceptors (Lipinski definition) is 11. The van der Waals surface area contributed by atoms with Crippen LogP contribution in [0.15, 0.2) is 72.1 Å². The first-order valence-electron chi connectivity index (χ1n) is 22.5. The van der Waals surface area contributed by atoms with Gasteiger partial charge in [0.05, 0.1) is 54.4 Å². The van der Waals surface area contributed by atoms with E-state index in [1.807, 2.05) is 25.7 Å². The van der Waals surface area contributed by atoms with Crippen molar-refractivity contribution < 1.29 is 46.2 Å². The zero-order chi connectivity index (χ0) is 50.3. The number of para-hydroxylation sites is 1. The van der Waals surface area contributed by atoms with E-state index in [0.29, 0.717) is 50.0 Å². The van der Waals surface area contributed by atoms with Crippen molar-refractivity contribution in [3.05, 3.63) is 122 Å². The van der Waals surface area contributed by atoms with Crippen LogP contribution in [0.4, 0.5) is 28.4 Å². The van der Waals surface area contributed by atoms with Gasteiger partial charge in [-0.1, -0.05) is 68.2 Å². The number of nitrogens with one attached hydrogen (secondary N) is 4. The summed E-state index contributed by atoms with van der Waals surface area (Å²) < 4.78 is 78.2. The molecule has 0 aliphatic carbocycles. The Kier molecular flexibility index (Phi) is 16.6. The van der Waals surface area contributed by atoms with Crippen molar-refractivity contribution in [1.82, 2.24) is 20.9 Å². The van der Waals surface area contributed by atoms with Gasteiger partial charge in [-0.15, -0.1) is 11.3 Å². The molecule has 3 amide bonds. The van der Waals surface area contributed by atoms with Crippen molar-refractivity contribution in [2.75, 3.05) is 63.3 Å². The van der Waals surface area contributed by atoms with Crippen LogP contribution in [0.2, 0.25) is 10.0 Å². The Labute approximate surface area is 416 Å². The van der Waals surface area contributed by atoms with Crippen LogP contribution in [0.25, 0.3) is 11.3 Å². The fraction of sp³-hybridized carbons (Fsp3) is 0.380. The molecule has 370 valence electrons. The molecule has 2 fully saturated rings. The molecule has 0 spiro atoms. The summed E-state index contributed by atoms with van der Waals surface area (Å²) in [6.07, 6.45) is 1.10. The lowest BCUT2D eigenvalue weighted by atomic mass is 9.62. The molecule has 4 aromatic carbocycles. The van der Waals surface area contributed by atoms with Crippen molar-refractivity contribution in [2.24, 2.45) is 5.41 Å².